The van der Waals surface area contributed by atoms with E-state index in [2.05, 4.69) is 11.9 Å². The van der Waals surface area contributed by atoms with Gasteiger partial charge in [0, 0.05) is 12.2 Å². The summed E-state index contributed by atoms with van der Waals surface area (Å²) in [7, 11) is 0. The van der Waals surface area contributed by atoms with Crippen molar-refractivity contribution in [3.63, 3.8) is 0 Å². The zero-order chi connectivity index (χ0) is 13.4. The van der Waals surface area contributed by atoms with E-state index >= 15 is 0 Å². The number of rotatable bonds is 7. The molecule has 0 aliphatic carbocycles. The molecular formula is C14H18F3N. The molecule has 0 atom stereocenters. The van der Waals surface area contributed by atoms with Crippen LogP contribution in [0.3, 0.4) is 0 Å². The minimum absolute atomic E-state index is 0.522. The van der Waals surface area contributed by atoms with Crippen LogP contribution in [-0.4, -0.2) is 6.54 Å². The fourth-order valence-electron chi connectivity index (χ4n) is 1.63. The highest BCUT2D eigenvalue weighted by Gasteiger charge is 2.30. The number of alkyl halides is 3. The van der Waals surface area contributed by atoms with Crippen molar-refractivity contribution in [1.82, 2.24) is 0 Å². The molecule has 0 heterocycles. The lowest BCUT2D eigenvalue weighted by atomic mass is 10.1. The number of benzene rings is 1. The van der Waals surface area contributed by atoms with Crippen molar-refractivity contribution in [3.8, 4) is 0 Å². The number of hydrogen-bond donors (Lipinski definition) is 1. The van der Waals surface area contributed by atoms with Crippen LogP contribution in [0.1, 0.15) is 31.2 Å². The summed E-state index contributed by atoms with van der Waals surface area (Å²) in [5.74, 6) is 0. The molecule has 1 nitrogen and oxygen atoms in total. The van der Waals surface area contributed by atoms with Gasteiger partial charge in [-0.1, -0.05) is 18.6 Å². The van der Waals surface area contributed by atoms with Crippen LogP contribution in [0.4, 0.5) is 18.9 Å². The summed E-state index contributed by atoms with van der Waals surface area (Å²) in [4.78, 5) is 0. The highest BCUT2D eigenvalue weighted by atomic mass is 19.4. The van der Waals surface area contributed by atoms with Crippen molar-refractivity contribution in [2.75, 3.05) is 11.9 Å². The van der Waals surface area contributed by atoms with Crippen molar-refractivity contribution in [3.05, 3.63) is 42.5 Å². The molecule has 0 aliphatic heterocycles. The second-order valence-corrected chi connectivity index (χ2v) is 4.14. The van der Waals surface area contributed by atoms with Crippen LogP contribution in [0.5, 0.6) is 0 Å². The van der Waals surface area contributed by atoms with E-state index in [9.17, 15) is 13.2 Å². The quantitative estimate of drug-likeness (QED) is 0.543. The maximum atomic E-state index is 12.5. The molecule has 0 saturated heterocycles. The van der Waals surface area contributed by atoms with Crippen LogP contribution in [0.15, 0.2) is 36.9 Å². The molecule has 100 valence electrons. The van der Waals surface area contributed by atoms with Crippen LogP contribution in [0.25, 0.3) is 0 Å². The lowest BCUT2D eigenvalue weighted by molar-refractivity contribution is -0.137. The fraction of sp³-hybridized carbons (Fsp3) is 0.429. The van der Waals surface area contributed by atoms with Gasteiger partial charge < -0.3 is 5.32 Å². The van der Waals surface area contributed by atoms with Gasteiger partial charge in [-0.15, -0.1) is 6.58 Å². The van der Waals surface area contributed by atoms with E-state index in [0.717, 1.165) is 37.8 Å². The van der Waals surface area contributed by atoms with E-state index in [1.807, 2.05) is 6.08 Å². The first-order valence-electron chi connectivity index (χ1n) is 6.06. The third-order valence-electron chi connectivity index (χ3n) is 2.60. The van der Waals surface area contributed by atoms with E-state index < -0.39 is 11.7 Å². The second-order valence-electron chi connectivity index (χ2n) is 4.14. The van der Waals surface area contributed by atoms with E-state index in [4.69, 9.17) is 0 Å². The fourth-order valence-corrected chi connectivity index (χ4v) is 1.63. The van der Waals surface area contributed by atoms with Gasteiger partial charge in [0.1, 0.15) is 0 Å². The average Bonchev–Trinajstić information content (AvgIpc) is 2.33. The topological polar surface area (TPSA) is 12.0 Å². The van der Waals surface area contributed by atoms with Crippen LogP contribution in [-0.2, 0) is 6.18 Å². The number of allylic oxidation sites excluding steroid dienone is 1. The first-order chi connectivity index (χ1) is 8.54. The summed E-state index contributed by atoms with van der Waals surface area (Å²) in [6, 6.07) is 5.29. The van der Waals surface area contributed by atoms with E-state index in [1.54, 1.807) is 6.07 Å². The average molecular weight is 257 g/mol. The van der Waals surface area contributed by atoms with Gasteiger partial charge in [0.15, 0.2) is 0 Å². The molecule has 0 bridgehead atoms. The van der Waals surface area contributed by atoms with Crippen molar-refractivity contribution in [2.24, 2.45) is 0 Å². The number of nitrogens with one attached hydrogen (secondary N) is 1. The van der Waals surface area contributed by atoms with Crippen molar-refractivity contribution >= 4 is 5.69 Å². The molecule has 1 N–H and O–H groups in total. The molecular weight excluding hydrogens is 239 g/mol. The van der Waals surface area contributed by atoms with Gasteiger partial charge >= 0.3 is 6.18 Å². The Labute approximate surface area is 106 Å². The zero-order valence-corrected chi connectivity index (χ0v) is 10.3. The molecule has 18 heavy (non-hydrogen) atoms. The summed E-state index contributed by atoms with van der Waals surface area (Å²) < 4.78 is 37.4. The number of unbranched alkanes of at least 4 members (excludes halogenated alkanes) is 3. The summed E-state index contributed by atoms with van der Waals surface area (Å²) >= 11 is 0. The first kappa shape index (κ1) is 14.6. The second kappa shape index (κ2) is 7.09. The Morgan fingerprint density at radius 2 is 1.94 bits per heavy atom. The van der Waals surface area contributed by atoms with Gasteiger partial charge in [0.05, 0.1) is 5.56 Å². The van der Waals surface area contributed by atoms with Crippen LogP contribution in [0.2, 0.25) is 0 Å². The lowest BCUT2D eigenvalue weighted by Crippen LogP contribution is -2.07. The van der Waals surface area contributed by atoms with Crippen LogP contribution in [0, 0.1) is 0 Å². The Bertz CT molecular complexity index is 372. The molecule has 0 spiro atoms. The summed E-state index contributed by atoms with van der Waals surface area (Å²) in [6.45, 7) is 4.33. The Morgan fingerprint density at radius 1 is 1.17 bits per heavy atom. The van der Waals surface area contributed by atoms with Gasteiger partial charge in [0.2, 0.25) is 0 Å². The Kier molecular flexibility index (Phi) is 5.75. The molecule has 0 saturated carbocycles. The number of anilines is 1. The zero-order valence-electron chi connectivity index (χ0n) is 10.3. The molecule has 1 aromatic carbocycles. The maximum absolute atomic E-state index is 12.5. The Hall–Kier alpha value is -1.45. The van der Waals surface area contributed by atoms with Gasteiger partial charge in [-0.2, -0.15) is 13.2 Å². The van der Waals surface area contributed by atoms with E-state index in [0.29, 0.717) is 12.2 Å². The van der Waals surface area contributed by atoms with Gasteiger partial charge in [-0.3, -0.25) is 0 Å². The highest BCUT2D eigenvalue weighted by Crippen LogP contribution is 2.30. The number of hydrogen-bond acceptors (Lipinski definition) is 1. The van der Waals surface area contributed by atoms with Crippen molar-refractivity contribution < 1.29 is 13.2 Å². The monoisotopic (exact) mass is 257 g/mol. The SMILES string of the molecule is C=CCCCCCNc1cccc(C(F)(F)F)c1. The largest absolute Gasteiger partial charge is 0.416 e. The molecule has 0 aliphatic rings. The smallest absolute Gasteiger partial charge is 0.385 e. The van der Waals surface area contributed by atoms with Crippen LogP contribution < -0.4 is 5.32 Å². The standard InChI is InChI=1S/C14H18F3N/c1-2-3-4-5-6-10-18-13-9-7-8-12(11-13)14(15,16)17/h2,7-9,11,18H,1,3-6,10H2. The van der Waals surface area contributed by atoms with Gasteiger partial charge in [-0.05, 0) is 37.5 Å². The van der Waals surface area contributed by atoms with E-state index in [1.165, 1.54) is 6.07 Å². The van der Waals surface area contributed by atoms with Crippen LogP contribution >= 0.6 is 0 Å². The normalized spacial score (nSPS) is 11.3. The lowest BCUT2D eigenvalue weighted by Gasteiger charge is -2.10. The van der Waals surface area contributed by atoms with Crippen molar-refractivity contribution in [1.29, 1.82) is 0 Å². The third kappa shape index (κ3) is 5.25. The first-order valence-corrected chi connectivity index (χ1v) is 6.06. The maximum Gasteiger partial charge on any atom is 0.416 e. The predicted molar refractivity (Wildman–Crippen MR) is 68.6 cm³/mol. The molecule has 0 fully saturated rings. The minimum Gasteiger partial charge on any atom is -0.385 e. The molecule has 1 aromatic rings. The van der Waals surface area contributed by atoms with Gasteiger partial charge in [-0.25, -0.2) is 0 Å². The summed E-state index contributed by atoms with van der Waals surface area (Å²) in [5, 5.41) is 3.01. The molecule has 1 rings (SSSR count). The Balaban J connectivity index is 2.36. The minimum atomic E-state index is -4.28. The molecule has 4 heteroatoms. The third-order valence-corrected chi connectivity index (χ3v) is 2.60. The van der Waals surface area contributed by atoms with Gasteiger partial charge in [0.25, 0.3) is 0 Å². The molecule has 0 aromatic heterocycles. The van der Waals surface area contributed by atoms with Crippen molar-refractivity contribution in [2.45, 2.75) is 31.9 Å². The Morgan fingerprint density at radius 3 is 2.61 bits per heavy atom. The molecule has 0 radical (unpaired) electrons. The molecule has 0 amide bonds. The number of halogens is 3. The summed E-state index contributed by atoms with van der Waals surface area (Å²) in [6.07, 6.45) is 1.67. The molecule has 0 unspecified atom stereocenters. The predicted octanol–water partition coefficient (Wildman–Crippen LogP) is 4.86. The van der Waals surface area contributed by atoms with E-state index in [-0.39, 0.29) is 0 Å². The highest BCUT2D eigenvalue weighted by molar-refractivity contribution is 5.46. The summed E-state index contributed by atoms with van der Waals surface area (Å²) in [5.41, 5.74) is -0.0901.